The van der Waals surface area contributed by atoms with E-state index in [1.165, 1.54) is 29.2 Å². The number of amides is 1. The molecule has 0 aliphatic heterocycles. The number of hydrogen-bond acceptors (Lipinski definition) is 4. The molecule has 1 aromatic carbocycles. The normalized spacial score (nSPS) is 11.2. The Hall–Kier alpha value is -1.58. The third-order valence-electron chi connectivity index (χ3n) is 2.89. The number of nitrogens with zero attached hydrogens (tertiary/aromatic N) is 2. The van der Waals surface area contributed by atoms with E-state index in [0.717, 1.165) is 0 Å². The summed E-state index contributed by atoms with van der Waals surface area (Å²) in [5.74, 6) is -1.12. The van der Waals surface area contributed by atoms with Crippen LogP contribution in [0.2, 0.25) is 5.02 Å². The van der Waals surface area contributed by atoms with Crippen LogP contribution in [0.25, 0.3) is 0 Å². The Morgan fingerprint density at radius 3 is 2.38 bits per heavy atom. The molecule has 0 saturated heterocycles. The molecule has 0 spiro atoms. The predicted molar refractivity (Wildman–Crippen MR) is 80.6 cm³/mol. The minimum atomic E-state index is -3.71. The van der Waals surface area contributed by atoms with Crippen molar-refractivity contribution in [3.8, 4) is 6.07 Å². The fourth-order valence-electron chi connectivity index (χ4n) is 1.81. The minimum absolute atomic E-state index is 0.0595. The van der Waals surface area contributed by atoms with E-state index in [1.807, 2.05) is 6.07 Å². The maximum atomic E-state index is 12.2. The van der Waals surface area contributed by atoms with Crippen LogP contribution in [-0.4, -0.2) is 37.6 Å². The van der Waals surface area contributed by atoms with Crippen molar-refractivity contribution in [1.29, 1.82) is 5.26 Å². The Morgan fingerprint density at radius 1 is 1.33 bits per heavy atom. The molecule has 114 valence electrons. The quantitative estimate of drug-likeness (QED) is 0.802. The fraction of sp³-hybridized carbons (Fsp3) is 0.429. The second-order valence-corrected chi connectivity index (χ2v) is 7.23. The molecule has 0 aromatic heterocycles. The second kappa shape index (κ2) is 7.43. The van der Waals surface area contributed by atoms with Crippen molar-refractivity contribution in [2.75, 3.05) is 12.3 Å². The molecule has 1 amide bonds. The van der Waals surface area contributed by atoms with Crippen molar-refractivity contribution in [2.24, 2.45) is 0 Å². The fourth-order valence-corrected chi connectivity index (χ4v) is 3.15. The SMILES string of the molecule is CC(C)N(CCC#N)C(=O)CS(=O)(=O)c1ccc(Cl)cc1. The number of rotatable bonds is 6. The average Bonchev–Trinajstić information content (AvgIpc) is 2.38. The number of sulfone groups is 1. The maximum Gasteiger partial charge on any atom is 0.238 e. The number of benzene rings is 1. The van der Waals surface area contributed by atoms with Gasteiger partial charge in [-0.3, -0.25) is 4.79 Å². The van der Waals surface area contributed by atoms with E-state index < -0.39 is 21.5 Å². The molecule has 0 aliphatic rings. The van der Waals surface area contributed by atoms with Gasteiger partial charge in [-0.2, -0.15) is 5.26 Å². The molecule has 7 heteroatoms. The summed E-state index contributed by atoms with van der Waals surface area (Å²) in [6, 6.07) is 7.47. The lowest BCUT2D eigenvalue weighted by Gasteiger charge is -2.25. The number of hydrogen-bond donors (Lipinski definition) is 0. The van der Waals surface area contributed by atoms with E-state index in [4.69, 9.17) is 16.9 Å². The minimum Gasteiger partial charge on any atom is -0.338 e. The van der Waals surface area contributed by atoms with Gasteiger partial charge in [-0.1, -0.05) is 11.6 Å². The highest BCUT2D eigenvalue weighted by Crippen LogP contribution is 2.16. The summed E-state index contributed by atoms with van der Waals surface area (Å²) < 4.78 is 24.4. The zero-order valence-electron chi connectivity index (χ0n) is 11.9. The maximum absolute atomic E-state index is 12.2. The molecule has 0 fully saturated rings. The van der Waals surface area contributed by atoms with E-state index in [0.29, 0.717) is 5.02 Å². The molecule has 0 unspecified atom stereocenters. The van der Waals surface area contributed by atoms with Gasteiger partial charge in [-0.25, -0.2) is 8.42 Å². The monoisotopic (exact) mass is 328 g/mol. The molecular formula is C14H17ClN2O3S. The summed E-state index contributed by atoms with van der Waals surface area (Å²) in [6.45, 7) is 3.79. The first-order valence-corrected chi connectivity index (χ1v) is 8.45. The summed E-state index contributed by atoms with van der Waals surface area (Å²) in [4.78, 5) is 13.6. The van der Waals surface area contributed by atoms with Crippen LogP contribution in [0, 0.1) is 11.3 Å². The molecule has 21 heavy (non-hydrogen) atoms. The van der Waals surface area contributed by atoms with Gasteiger partial charge in [0.05, 0.1) is 17.4 Å². The first kappa shape index (κ1) is 17.5. The van der Waals surface area contributed by atoms with E-state index in [1.54, 1.807) is 13.8 Å². The van der Waals surface area contributed by atoms with Gasteiger partial charge in [-0.15, -0.1) is 0 Å². The first-order chi connectivity index (χ1) is 9.77. The highest BCUT2D eigenvalue weighted by atomic mass is 35.5. The summed E-state index contributed by atoms with van der Waals surface area (Å²) in [5, 5.41) is 9.03. The summed E-state index contributed by atoms with van der Waals surface area (Å²) in [5.41, 5.74) is 0. The lowest BCUT2D eigenvalue weighted by Crippen LogP contribution is -2.41. The molecule has 0 radical (unpaired) electrons. The predicted octanol–water partition coefficient (Wildman–Crippen LogP) is 2.26. The molecule has 1 aromatic rings. The van der Waals surface area contributed by atoms with Gasteiger partial charge in [0.15, 0.2) is 9.84 Å². The molecule has 0 bridgehead atoms. The number of nitriles is 1. The third kappa shape index (κ3) is 5.03. The van der Waals surface area contributed by atoms with Crippen molar-refractivity contribution in [3.05, 3.63) is 29.3 Å². The summed E-state index contributed by atoms with van der Waals surface area (Å²) in [7, 11) is -3.71. The van der Waals surface area contributed by atoms with Gasteiger partial charge in [0.25, 0.3) is 0 Å². The van der Waals surface area contributed by atoms with Gasteiger partial charge in [0.1, 0.15) is 5.75 Å². The number of carbonyl (C=O) groups excluding carboxylic acids is 1. The van der Waals surface area contributed by atoms with Crippen LogP contribution in [0.15, 0.2) is 29.2 Å². The average molecular weight is 329 g/mol. The second-order valence-electron chi connectivity index (χ2n) is 4.80. The Balaban J connectivity index is 2.89. The van der Waals surface area contributed by atoms with Gasteiger partial charge < -0.3 is 4.90 Å². The zero-order chi connectivity index (χ0) is 16.0. The lowest BCUT2D eigenvalue weighted by atomic mass is 10.3. The van der Waals surface area contributed by atoms with Gasteiger partial charge in [-0.05, 0) is 38.1 Å². The number of halogens is 1. The van der Waals surface area contributed by atoms with Crippen LogP contribution in [0.5, 0.6) is 0 Å². The van der Waals surface area contributed by atoms with Crippen LogP contribution in [-0.2, 0) is 14.6 Å². The highest BCUT2D eigenvalue weighted by molar-refractivity contribution is 7.92. The first-order valence-electron chi connectivity index (χ1n) is 6.42. The molecule has 0 atom stereocenters. The van der Waals surface area contributed by atoms with Crippen molar-refractivity contribution in [2.45, 2.75) is 31.2 Å². The lowest BCUT2D eigenvalue weighted by molar-refractivity contribution is -0.130. The topological polar surface area (TPSA) is 78.2 Å². The Bertz CT molecular complexity index is 633. The molecule has 0 saturated carbocycles. The molecule has 0 N–H and O–H groups in total. The van der Waals surface area contributed by atoms with E-state index >= 15 is 0 Å². The van der Waals surface area contributed by atoms with Crippen molar-refractivity contribution in [3.63, 3.8) is 0 Å². The van der Waals surface area contributed by atoms with Crippen molar-refractivity contribution >= 4 is 27.3 Å². The van der Waals surface area contributed by atoms with Crippen LogP contribution in [0.4, 0.5) is 0 Å². The van der Waals surface area contributed by atoms with Crippen LogP contribution < -0.4 is 0 Å². The van der Waals surface area contributed by atoms with E-state index in [-0.39, 0.29) is 23.9 Å². The van der Waals surface area contributed by atoms with Crippen LogP contribution in [0.3, 0.4) is 0 Å². The van der Waals surface area contributed by atoms with Gasteiger partial charge >= 0.3 is 0 Å². The largest absolute Gasteiger partial charge is 0.338 e. The molecule has 0 aliphatic carbocycles. The Kier molecular flexibility index (Phi) is 6.19. The standard InChI is InChI=1S/C14H17ClN2O3S/c1-11(2)17(9-3-8-16)14(18)10-21(19,20)13-6-4-12(15)5-7-13/h4-7,11H,3,9-10H2,1-2H3. The van der Waals surface area contributed by atoms with E-state index in [9.17, 15) is 13.2 Å². The Labute approximate surface area is 130 Å². The Morgan fingerprint density at radius 2 is 1.90 bits per heavy atom. The van der Waals surface area contributed by atoms with E-state index in [2.05, 4.69) is 0 Å². The van der Waals surface area contributed by atoms with Crippen LogP contribution in [0.1, 0.15) is 20.3 Å². The molecule has 1 rings (SSSR count). The van der Waals surface area contributed by atoms with Crippen molar-refractivity contribution in [1.82, 2.24) is 4.90 Å². The van der Waals surface area contributed by atoms with Gasteiger partial charge in [0.2, 0.25) is 5.91 Å². The summed E-state index contributed by atoms with van der Waals surface area (Å²) in [6.07, 6.45) is 0.172. The third-order valence-corrected chi connectivity index (χ3v) is 4.76. The van der Waals surface area contributed by atoms with Crippen molar-refractivity contribution < 1.29 is 13.2 Å². The van der Waals surface area contributed by atoms with Crippen LogP contribution >= 0.6 is 11.6 Å². The molecule has 0 heterocycles. The smallest absolute Gasteiger partial charge is 0.238 e. The highest BCUT2D eigenvalue weighted by Gasteiger charge is 2.24. The van der Waals surface area contributed by atoms with Gasteiger partial charge in [0, 0.05) is 17.6 Å². The molecule has 5 nitrogen and oxygen atoms in total. The number of carbonyl (C=O) groups is 1. The summed E-state index contributed by atoms with van der Waals surface area (Å²) >= 11 is 5.72. The molecular weight excluding hydrogens is 312 g/mol. The zero-order valence-corrected chi connectivity index (χ0v) is 13.5.